The molecule has 3 aliphatic carbocycles. The number of benzene rings is 6. The third kappa shape index (κ3) is 5.58. The lowest BCUT2D eigenvalue weighted by Crippen LogP contribution is -2.61. The number of hydrogen-bond donors (Lipinski definition) is 0. The molecule has 0 radical (unpaired) electrons. The minimum absolute atomic E-state index is 0.0210. The van der Waals surface area contributed by atoms with Crippen LogP contribution in [0.25, 0.3) is 21.9 Å². The van der Waals surface area contributed by atoms with Crippen LogP contribution in [0.2, 0.25) is 0 Å². The second-order valence-corrected chi connectivity index (χ2v) is 23.0. The zero-order chi connectivity index (χ0) is 43.5. The summed E-state index contributed by atoms with van der Waals surface area (Å²) in [5, 5.41) is 2.35. The summed E-state index contributed by atoms with van der Waals surface area (Å²) in [5.41, 5.74) is 24.3. The van der Waals surface area contributed by atoms with E-state index in [-0.39, 0.29) is 28.4 Å². The number of furan rings is 1. The van der Waals surface area contributed by atoms with Crippen molar-refractivity contribution in [2.45, 2.75) is 148 Å². The molecule has 3 heterocycles. The Bertz CT molecular complexity index is 3080. The van der Waals surface area contributed by atoms with Crippen molar-refractivity contribution in [3.63, 3.8) is 0 Å². The Morgan fingerprint density at radius 1 is 0.524 bits per heavy atom. The summed E-state index contributed by atoms with van der Waals surface area (Å²) < 4.78 is 7.11. The van der Waals surface area contributed by atoms with Gasteiger partial charge in [0.05, 0.1) is 5.69 Å². The summed E-state index contributed by atoms with van der Waals surface area (Å²) in [4.78, 5) is 5.40. The van der Waals surface area contributed by atoms with E-state index in [2.05, 4.69) is 176 Å². The monoisotopic (exact) mass is 827 g/mol. The van der Waals surface area contributed by atoms with Gasteiger partial charge in [-0.2, -0.15) is 0 Å². The predicted molar refractivity (Wildman–Crippen MR) is 269 cm³/mol. The van der Waals surface area contributed by atoms with Crippen LogP contribution in [-0.2, 0) is 21.7 Å². The standard InChI is InChI=1S/C59H63BN2O/c1-35-18-14-16-22-47(35)62-51-30-38(37-19-12-11-13-20-37)29-50-53(51)60(45-25-24-40-39-21-15-17-23-52(39)63-55(40)54(45)62)46-31-42-44(59(9,10)34-58(42,7)8)33-49(46)61(50)48-32-43-41(28-36(48)2)56(3,4)26-27-57(43,5)6/h14-18,21-25,28-33,37H,11-13,19-20,26-27,34H2,1-10H3. The van der Waals surface area contributed by atoms with Gasteiger partial charge in [0.2, 0.25) is 0 Å². The molecule has 0 amide bonds. The van der Waals surface area contributed by atoms with Crippen LogP contribution in [0.15, 0.2) is 101 Å². The number of hydrogen-bond acceptors (Lipinski definition) is 3. The van der Waals surface area contributed by atoms with E-state index in [0.717, 1.165) is 17.6 Å². The average Bonchev–Trinajstić information content (AvgIpc) is 3.72. The molecule has 0 unspecified atom stereocenters. The Morgan fingerprint density at radius 3 is 1.87 bits per heavy atom. The van der Waals surface area contributed by atoms with Crippen LogP contribution in [-0.4, -0.2) is 6.71 Å². The summed E-state index contributed by atoms with van der Waals surface area (Å²) in [6, 6.07) is 38.3. The number of rotatable bonds is 3. The summed E-state index contributed by atoms with van der Waals surface area (Å²) in [7, 11) is 0. The highest BCUT2D eigenvalue weighted by Crippen LogP contribution is 2.56. The molecule has 0 saturated heterocycles. The third-order valence-corrected chi connectivity index (χ3v) is 16.9. The average molecular weight is 827 g/mol. The molecule has 5 aliphatic rings. The smallest absolute Gasteiger partial charge is 0.252 e. The maximum Gasteiger partial charge on any atom is 0.252 e. The zero-order valence-corrected chi connectivity index (χ0v) is 39.4. The first-order valence-corrected chi connectivity index (χ1v) is 24.2. The topological polar surface area (TPSA) is 19.6 Å². The largest absolute Gasteiger partial charge is 0.454 e. The van der Waals surface area contributed by atoms with E-state index < -0.39 is 0 Å². The van der Waals surface area contributed by atoms with Gasteiger partial charge in [-0.05, 0) is 165 Å². The fourth-order valence-electron chi connectivity index (χ4n) is 13.7. The van der Waals surface area contributed by atoms with Gasteiger partial charge in [-0.15, -0.1) is 0 Å². The van der Waals surface area contributed by atoms with Crippen molar-refractivity contribution in [2.75, 3.05) is 9.80 Å². The summed E-state index contributed by atoms with van der Waals surface area (Å²) >= 11 is 0. The molecule has 4 heteroatoms. The van der Waals surface area contributed by atoms with Gasteiger partial charge >= 0.3 is 0 Å². The van der Waals surface area contributed by atoms with E-state index in [1.165, 1.54) is 145 Å². The molecule has 7 aromatic rings. The highest BCUT2D eigenvalue weighted by molar-refractivity contribution is 7.00. The molecule has 0 spiro atoms. The van der Waals surface area contributed by atoms with Gasteiger partial charge in [0.1, 0.15) is 5.58 Å². The highest BCUT2D eigenvalue weighted by Gasteiger charge is 2.50. The van der Waals surface area contributed by atoms with Crippen molar-refractivity contribution in [3.8, 4) is 0 Å². The van der Waals surface area contributed by atoms with E-state index in [0.29, 0.717) is 5.92 Å². The Labute approximate surface area is 376 Å². The predicted octanol–water partition coefficient (Wildman–Crippen LogP) is 14.6. The van der Waals surface area contributed by atoms with Crippen LogP contribution in [0.1, 0.15) is 152 Å². The SMILES string of the molecule is Cc1cc2c(cc1N1c3cc4c(cc3B3c5ccc6c(oc7ccccc76)c5N(c5ccccc5C)c5cc(C6CCCCC6)cc1c53)C(C)(C)CC4(C)C)C(C)(C)CCC2(C)C. The van der Waals surface area contributed by atoms with Crippen LogP contribution in [0.5, 0.6) is 0 Å². The van der Waals surface area contributed by atoms with Gasteiger partial charge in [0, 0.05) is 39.2 Å². The van der Waals surface area contributed by atoms with Gasteiger partial charge in [-0.25, -0.2) is 0 Å². The highest BCUT2D eigenvalue weighted by atomic mass is 16.3. The van der Waals surface area contributed by atoms with Crippen molar-refractivity contribution in [2.24, 2.45) is 0 Å². The minimum Gasteiger partial charge on any atom is -0.454 e. The van der Waals surface area contributed by atoms with Crippen LogP contribution < -0.4 is 26.2 Å². The van der Waals surface area contributed by atoms with Gasteiger partial charge in [-0.3, -0.25) is 0 Å². The first-order valence-electron chi connectivity index (χ1n) is 24.2. The lowest BCUT2D eigenvalue weighted by Gasteiger charge is -2.47. The normalized spacial score (nSPS) is 20.1. The number of nitrogens with zero attached hydrogens (tertiary/aromatic N) is 2. The third-order valence-electron chi connectivity index (χ3n) is 16.9. The zero-order valence-electron chi connectivity index (χ0n) is 39.4. The molecular formula is C59H63BN2O. The first kappa shape index (κ1) is 39.4. The molecule has 2 aliphatic heterocycles. The van der Waals surface area contributed by atoms with E-state index in [1.54, 1.807) is 0 Å². The molecule has 3 nitrogen and oxygen atoms in total. The number of aryl methyl sites for hydroxylation is 2. The van der Waals surface area contributed by atoms with Crippen molar-refractivity contribution in [3.05, 3.63) is 136 Å². The Hall–Kier alpha value is -5.22. The molecule has 0 bridgehead atoms. The Balaban J connectivity index is 1.25. The van der Waals surface area contributed by atoms with E-state index >= 15 is 0 Å². The minimum atomic E-state index is 0.0210. The summed E-state index contributed by atoms with van der Waals surface area (Å²) in [6.45, 7) is 24.5. The van der Waals surface area contributed by atoms with Crippen molar-refractivity contribution in [1.29, 1.82) is 0 Å². The van der Waals surface area contributed by atoms with Crippen molar-refractivity contribution < 1.29 is 4.42 Å². The van der Waals surface area contributed by atoms with Crippen LogP contribution in [0.3, 0.4) is 0 Å². The van der Waals surface area contributed by atoms with Crippen LogP contribution >= 0.6 is 0 Å². The lowest BCUT2D eigenvalue weighted by molar-refractivity contribution is 0.332. The fourth-order valence-corrected chi connectivity index (χ4v) is 13.7. The molecule has 1 saturated carbocycles. The van der Waals surface area contributed by atoms with Gasteiger partial charge < -0.3 is 14.2 Å². The van der Waals surface area contributed by atoms with E-state index in [1.807, 2.05) is 0 Å². The Morgan fingerprint density at radius 2 is 1.14 bits per heavy atom. The van der Waals surface area contributed by atoms with E-state index in [9.17, 15) is 0 Å². The maximum absolute atomic E-state index is 7.11. The van der Waals surface area contributed by atoms with Gasteiger partial charge in [0.25, 0.3) is 6.71 Å². The van der Waals surface area contributed by atoms with Crippen LogP contribution in [0.4, 0.5) is 34.1 Å². The molecule has 6 aromatic carbocycles. The van der Waals surface area contributed by atoms with Gasteiger partial charge in [-0.1, -0.05) is 135 Å². The second kappa shape index (κ2) is 13.2. The number of fused-ring (bicyclic) bond motifs is 10. The molecular weight excluding hydrogens is 763 g/mol. The maximum atomic E-state index is 7.11. The van der Waals surface area contributed by atoms with E-state index in [4.69, 9.17) is 4.42 Å². The Kier molecular flexibility index (Phi) is 8.24. The lowest BCUT2D eigenvalue weighted by atomic mass is 9.33. The summed E-state index contributed by atoms with van der Waals surface area (Å²) in [6.07, 6.45) is 9.93. The molecule has 12 rings (SSSR count). The number of anilines is 6. The first-order chi connectivity index (χ1) is 30.0. The molecule has 0 N–H and O–H groups in total. The molecule has 318 valence electrons. The molecule has 63 heavy (non-hydrogen) atoms. The van der Waals surface area contributed by atoms with Gasteiger partial charge in [0.15, 0.2) is 5.58 Å². The second-order valence-electron chi connectivity index (χ2n) is 23.0. The molecule has 0 atom stereocenters. The fraction of sp³-hybridized carbons (Fsp3) is 0.390. The molecule has 1 aromatic heterocycles. The van der Waals surface area contributed by atoms with Crippen molar-refractivity contribution >= 4 is 79.2 Å². The number of para-hydroxylation sites is 2. The van der Waals surface area contributed by atoms with Crippen LogP contribution in [0, 0.1) is 13.8 Å². The molecule has 1 fully saturated rings. The van der Waals surface area contributed by atoms with Crippen molar-refractivity contribution in [1.82, 2.24) is 0 Å². The quantitative estimate of drug-likeness (QED) is 0.165. The summed E-state index contributed by atoms with van der Waals surface area (Å²) in [5.74, 6) is 0.522.